The van der Waals surface area contributed by atoms with Gasteiger partial charge in [0.2, 0.25) is 5.91 Å². The molecule has 0 aliphatic rings. The molecule has 0 aliphatic heterocycles. The van der Waals surface area contributed by atoms with Crippen molar-refractivity contribution in [3.05, 3.63) is 11.1 Å². The summed E-state index contributed by atoms with van der Waals surface area (Å²) in [4.78, 5) is 26.9. The number of carbonyl (C=O) groups is 2. The molecule has 0 bridgehead atoms. The maximum atomic E-state index is 11.5. The van der Waals surface area contributed by atoms with E-state index >= 15 is 0 Å². The molecule has 0 radical (unpaired) electrons. The van der Waals surface area contributed by atoms with Crippen molar-refractivity contribution in [3.8, 4) is 0 Å². The molecule has 1 aromatic rings. The largest absolute Gasteiger partial charge is 0.469 e. The first-order valence-corrected chi connectivity index (χ1v) is 7.91. The van der Waals surface area contributed by atoms with Crippen molar-refractivity contribution in [1.82, 2.24) is 10.3 Å². The van der Waals surface area contributed by atoms with Crippen LogP contribution in [0.3, 0.4) is 0 Å². The van der Waals surface area contributed by atoms with Crippen LogP contribution in [0, 0.1) is 5.92 Å². The number of hydrogen-bond acceptors (Lipinski definition) is 6. The molecule has 0 saturated carbocycles. The second-order valence-electron chi connectivity index (χ2n) is 5.09. The van der Waals surface area contributed by atoms with Crippen LogP contribution in [0.25, 0.3) is 0 Å². The van der Waals surface area contributed by atoms with Gasteiger partial charge in [-0.1, -0.05) is 13.8 Å². The minimum atomic E-state index is -0.237. The number of thiazole rings is 1. The number of ether oxygens (including phenoxy) is 1. The van der Waals surface area contributed by atoms with Crippen molar-refractivity contribution < 1.29 is 14.3 Å². The zero-order valence-corrected chi connectivity index (χ0v) is 13.6. The zero-order valence-electron chi connectivity index (χ0n) is 12.8. The normalized spacial score (nSPS) is 10.5. The van der Waals surface area contributed by atoms with E-state index in [1.165, 1.54) is 18.4 Å². The number of hydrogen-bond donors (Lipinski definition) is 2. The maximum absolute atomic E-state index is 11.5. The van der Waals surface area contributed by atoms with E-state index in [1.807, 2.05) is 5.38 Å². The molecule has 1 rings (SSSR count). The number of nitrogens with zero attached hydrogens (tertiary/aromatic N) is 1. The molecule has 7 heteroatoms. The van der Waals surface area contributed by atoms with Crippen LogP contribution in [-0.4, -0.2) is 37.1 Å². The standard InChI is InChI=1S/C14H23N3O3S/c1-10(2)8-16-12(18)6-7-15-14-17-11(9-21-14)4-5-13(19)20-3/h9-10H,4-8H2,1-3H3,(H,15,17)(H,16,18). The van der Waals surface area contributed by atoms with Gasteiger partial charge in [-0.15, -0.1) is 11.3 Å². The van der Waals surface area contributed by atoms with Gasteiger partial charge in [0.05, 0.1) is 19.2 Å². The van der Waals surface area contributed by atoms with E-state index in [4.69, 9.17) is 0 Å². The molecule has 6 nitrogen and oxygen atoms in total. The van der Waals surface area contributed by atoms with Crippen molar-refractivity contribution >= 4 is 28.3 Å². The molecule has 0 saturated heterocycles. The maximum Gasteiger partial charge on any atom is 0.305 e. The van der Waals surface area contributed by atoms with Crippen LogP contribution < -0.4 is 10.6 Å². The van der Waals surface area contributed by atoms with Gasteiger partial charge in [-0.3, -0.25) is 9.59 Å². The van der Waals surface area contributed by atoms with E-state index in [0.717, 1.165) is 10.8 Å². The Morgan fingerprint density at radius 1 is 1.38 bits per heavy atom. The van der Waals surface area contributed by atoms with Crippen molar-refractivity contribution in [2.75, 3.05) is 25.5 Å². The summed E-state index contributed by atoms with van der Waals surface area (Å²) in [7, 11) is 1.38. The highest BCUT2D eigenvalue weighted by atomic mass is 32.1. The molecule has 118 valence electrons. The Morgan fingerprint density at radius 2 is 2.14 bits per heavy atom. The first kappa shape index (κ1) is 17.4. The van der Waals surface area contributed by atoms with Gasteiger partial charge >= 0.3 is 5.97 Å². The van der Waals surface area contributed by atoms with Gasteiger partial charge in [0, 0.05) is 31.3 Å². The second kappa shape index (κ2) is 9.33. The predicted molar refractivity (Wildman–Crippen MR) is 83.4 cm³/mol. The number of aromatic nitrogens is 1. The van der Waals surface area contributed by atoms with Crippen molar-refractivity contribution in [2.24, 2.45) is 5.92 Å². The number of rotatable bonds is 9. The first-order chi connectivity index (χ1) is 10.0. The topological polar surface area (TPSA) is 80.3 Å². The lowest BCUT2D eigenvalue weighted by Crippen LogP contribution is -2.28. The molecule has 1 amide bonds. The number of carbonyl (C=O) groups excluding carboxylic acids is 2. The smallest absolute Gasteiger partial charge is 0.305 e. The number of methoxy groups -OCH3 is 1. The average Bonchev–Trinajstić information content (AvgIpc) is 2.90. The monoisotopic (exact) mass is 313 g/mol. The van der Waals surface area contributed by atoms with Gasteiger partial charge in [0.25, 0.3) is 0 Å². The van der Waals surface area contributed by atoms with Crippen molar-refractivity contribution in [2.45, 2.75) is 33.1 Å². The summed E-state index contributed by atoms with van der Waals surface area (Å²) in [6, 6.07) is 0. The molecule has 0 fully saturated rings. The molecule has 0 atom stereocenters. The van der Waals surface area contributed by atoms with Crippen molar-refractivity contribution in [1.29, 1.82) is 0 Å². The highest BCUT2D eigenvalue weighted by molar-refractivity contribution is 7.13. The Balaban J connectivity index is 2.22. The summed E-state index contributed by atoms with van der Waals surface area (Å²) >= 11 is 1.47. The number of amides is 1. The predicted octanol–water partition coefficient (Wildman–Crippen LogP) is 1.82. The third-order valence-electron chi connectivity index (χ3n) is 2.70. The zero-order chi connectivity index (χ0) is 15.7. The molecule has 0 aromatic carbocycles. The van der Waals surface area contributed by atoms with Gasteiger partial charge in [0.1, 0.15) is 0 Å². The molecular formula is C14H23N3O3S. The average molecular weight is 313 g/mol. The highest BCUT2D eigenvalue weighted by Gasteiger charge is 2.06. The fourth-order valence-electron chi connectivity index (χ4n) is 1.52. The lowest BCUT2D eigenvalue weighted by molar-refractivity contribution is -0.140. The van der Waals surface area contributed by atoms with Crippen LogP contribution >= 0.6 is 11.3 Å². The summed E-state index contributed by atoms with van der Waals surface area (Å²) in [6.45, 7) is 5.37. The Hall–Kier alpha value is -1.63. The van der Waals surface area contributed by atoms with Crippen molar-refractivity contribution in [3.63, 3.8) is 0 Å². The fraction of sp³-hybridized carbons (Fsp3) is 0.643. The summed E-state index contributed by atoms with van der Waals surface area (Å²) in [5, 5.41) is 8.66. The van der Waals surface area contributed by atoms with E-state index < -0.39 is 0 Å². The van der Waals surface area contributed by atoms with Crippen LogP contribution in [0.5, 0.6) is 0 Å². The SMILES string of the molecule is COC(=O)CCc1csc(NCCC(=O)NCC(C)C)n1. The van der Waals surface area contributed by atoms with Gasteiger partial charge in [-0.2, -0.15) is 0 Å². The van der Waals surface area contributed by atoms with E-state index in [-0.39, 0.29) is 11.9 Å². The first-order valence-electron chi connectivity index (χ1n) is 7.03. The molecule has 2 N–H and O–H groups in total. The minimum Gasteiger partial charge on any atom is -0.469 e. The van der Waals surface area contributed by atoms with Gasteiger partial charge in [-0.25, -0.2) is 4.98 Å². The van der Waals surface area contributed by atoms with Gasteiger partial charge < -0.3 is 15.4 Å². The lowest BCUT2D eigenvalue weighted by Gasteiger charge is -2.07. The Kier molecular flexibility index (Phi) is 7.74. The molecule has 0 unspecified atom stereocenters. The molecule has 21 heavy (non-hydrogen) atoms. The fourth-order valence-corrected chi connectivity index (χ4v) is 2.30. The minimum absolute atomic E-state index is 0.0404. The molecule has 1 aromatic heterocycles. The van der Waals surface area contributed by atoms with Gasteiger partial charge in [0.15, 0.2) is 5.13 Å². The molecule has 0 spiro atoms. The second-order valence-corrected chi connectivity index (χ2v) is 5.95. The Labute approximate surface area is 129 Å². The van der Waals surface area contributed by atoms with Crippen LogP contribution in [0.2, 0.25) is 0 Å². The Morgan fingerprint density at radius 3 is 2.81 bits per heavy atom. The van der Waals surface area contributed by atoms with Gasteiger partial charge in [-0.05, 0) is 5.92 Å². The van der Waals surface area contributed by atoms with E-state index in [1.54, 1.807) is 0 Å². The number of nitrogens with one attached hydrogen (secondary N) is 2. The number of esters is 1. The quantitative estimate of drug-likeness (QED) is 0.680. The summed E-state index contributed by atoms with van der Waals surface area (Å²) in [6.07, 6.45) is 1.32. The van der Waals surface area contributed by atoms with E-state index in [2.05, 4.69) is 34.2 Å². The third kappa shape index (κ3) is 7.65. The summed E-state index contributed by atoms with van der Waals surface area (Å²) in [5.41, 5.74) is 0.858. The molecular weight excluding hydrogens is 290 g/mol. The Bertz CT molecular complexity index is 460. The third-order valence-corrected chi connectivity index (χ3v) is 3.55. The van der Waals surface area contributed by atoms with Crippen LogP contribution in [0.4, 0.5) is 5.13 Å². The van der Waals surface area contributed by atoms with Crippen LogP contribution in [0.1, 0.15) is 32.4 Å². The molecule has 0 aliphatic carbocycles. The van der Waals surface area contributed by atoms with Crippen LogP contribution in [0.15, 0.2) is 5.38 Å². The highest BCUT2D eigenvalue weighted by Crippen LogP contribution is 2.16. The van der Waals surface area contributed by atoms with Crippen LogP contribution in [-0.2, 0) is 20.7 Å². The number of aryl methyl sites for hydroxylation is 1. The molecule has 1 heterocycles. The van der Waals surface area contributed by atoms with E-state index in [0.29, 0.717) is 38.3 Å². The summed E-state index contributed by atoms with van der Waals surface area (Å²) in [5.74, 6) is 0.260. The van der Waals surface area contributed by atoms with E-state index in [9.17, 15) is 9.59 Å². The summed E-state index contributed by atoms with van der Waals surface area (Å²) < 4.78 is 4.59. The lowest BCUT2D eigenvalue weighted by atomic mass is 10.2. The number of anilines is 1.